The van der Waals surface area contributed by atoms with E-state index < -0.39 is 11.1 Å². The Bertz CT molecular complexity index is 1530. The third-order valence-corrected chi connectivity index (χ3v) is 8.28. The van der Waals surface area contributed by atoms with Crippen LogP contribution in [0.4, 0.5) is 0 Å². The quantitative estimate of drug-likeness (QED) is 0.113. The molecular formula is C41H56N2O8. The largest absolute Gasteiger partial charge is 0.508 e. The Hall–Kier alpha value is -4.86. The van der Waals surface area contributed by atoms with E-state index in [1.54, 1.807) is 18.2 Å². The monoisotopic (exact) mass is 704 g/mol. The van der Waals surface area contributed by atoms with Gasteiger partial charge in [0, 0.05) is 27.7 Å². The van der Waals surface area contributed by atoms with Crippen LogP contribution >= 0.6 is 0 Å². The van der Waals surface area contributed by atoms with E-state index in [-0.39, 0.29) is 42.7 Å². The van der Waals surface area contributed by atoms with Gasteiger partial charge in [0.1, 0.15) is 31.3 Å². The van der Waals surface area contributed by atoms with Crippen molar-refractivity contribution in [3.8, 4) is 11.5 Å². The van der Waals surface area contributed by atoms with Gasteiger partial charge in [-0.15, -0.1) is 0 Å². The first-order chi connectivity index (χ1) is 24.3. The van der Waals surface area contributed by atoms with Crippen molar-refractivity contribution in [2.24, 2.45) is 0 Å². The van der Waals surface area contributed by atoms with Gasteiger partial charge in [-0.25, -0.2) is 0 Å². The number of aromatic hydroxyl groups is 1. The van der Waals surface area contributed by atoms with Crippen LogP contribution in [0.2, 0.25) is 0 Å². The SMILES string of the molecule is CCCC(CCc1cccc(O)c1)(COC(C)=O)NC(C)=O.CCCC(CCc1cccc(OCc2ccccc2)c1)(COC(C)=O)NC(C)=O. The fourth-order valence-electron chi connectivity index (χ4n) is 6.06. The number of hydrogen-bond donors (Lipinski definition) is 3. The van der Waals surface area contributed by atoms with Gasteiger partial charge in [-0.05, 0) is 79.5 Å². The molecule has 0 fully saturated rings. The molecule has 0 spiro atoms. The third-order valence-electron chi connectivity index (χ3n) is 8.28. The van der Waals surface area contributed by atoms with Crippen LogP contribution < -0.4 is 15.4 Å². The lowest BCUT2D eigenvalue weighted by Crippen LogP contribution is -2.52. The molecule has 2 unspecified atom stereocenters. The summed E-state index contributed by atoms with van der Waals surface area (Å²) in [6, 6.07) is 25.1. The van der Waals surface area contributed by atoms with Crippen LogP contribution in [0.25, 0.3) is 0 Å². The van der Waals surface area contributed by atoms with Crippen molar-refractivity contribution >= 4 is 23.8 Å². The van der Waals surface area contributed by atoms with Gasteiger partial charge in [0.2, 0.25) is 11.8 Å². The molecule has 0 saturated carbocycles. The van der Waals surface area contributed by atoms with E-state index in [1.807, 2.05) is 67.6 Å². The highest BCUT2D eigenvalue weighted by Crippen LogP contribution is 2.25. The first-order valence-corrected chi connectivity index (χ1v) is 17.7. The maximum absolute atomic E-state index is 11.8. The molecule has 51 heavy (non-hydrogen) atoms. The molecule has 3 N–H and O–H groups in total. The fraction of sp³-hybridized carbons (Fsp3) is 0.463. The number of carbonyl (C=O) groups is 4. The Morgan fingerprint density at radius 3 is 1.53 bits per heavy atom. The number of nitrogens with one attached hydrogen (secondary N) is 2. The molecule has 3 aromatic carbocycles. The van der Waals surface area contributed by atoms with Crippen molar-refractivity contribution in [1.82, 2.24) is 10.6 Å². The first-order valence-electron chi connectivity index (χ1n) is 17.7. The highest BCUT2D eigenvalue weighted by molar-refractivity contribution is 5.74. The number of ether oxygens (including phenoxy) is 3. The molecule has 0 aromatic heterocycles. The molecule has 10 nitrogen and oxygen atoms in total. The Morgan fingerprint density at radius 1 is 0.608 bits per heavy atom. The Labute approximate surface area is 303 Å². The summed E-state index contributed by atoms with van der Waals surface area (Å²) in [5.41, 5.74) is 2.08. The average molecular weight is 705 g/mol. The van der Waals surface area contributed by atoms with Gasteiger partial charge >= 0.3 is 11.9 Å². The van der Waals surface area contributed by atoms with E-state index >= 15 is 0 Å². The standard InChI is InChI=1S/C24H31NO4.C17H25NO4/c1-4-14-24(25-19(2)26,18-29-20(3)27)15-13-21-11-8-12-23(16-21)28-17-22-9-6-5-7-10-22;1-4-9-17(18-13(2)19,12-22-14(3)20)10-8-15-6-5-7-16(21)11-15/h5-12,16H,4,13-15,17-18H2,1-3H3,(H,25,26);5-7,11,21H,4,8-10,12H2,1-3H3,(H,18,19). The summed E-state index contributed by atoms with van der Waals surface area (Å²) in [6.07, 6.45) is 5.93. The van der Waals surface area contributed by atoms with Gasteiger partial charge in [-0.2, -0.15) is 0 Å². The van der Waals surface area contributed by atoms with Crippen molar-refractivity contribution < 1.29 is 38.5 Å². The minimum absolute atomic E-state index is 0.120. The maximum Gasteiger partial charge on any atom is 0.302 e. The lowest BCUT2D eigenvalue weighted by Gasteiger charge is -2.34. The molecule has 0 aliphatic carbocycles. The van der Waals surface area contributed by atoms with Gasteiger partial charge in [0.05, 0.1) is 11.1 Å². The molecule has 0 radical (unpaired) electrons. The van der Waals surface area contributed by atoms with Crippen LogP contribution in [0.5, 0.6) is 11.5 Å². The summed E-state index contributed by atoms with van der Waals surface area (Å²) in [5, 5.41) is 15.5. The predicted octanol–water partition coefficient (Wildman–Crippen LogP) is 7.00. The first kappa shape index (κ1) is 42.3. The molecule has 0 aliphatic rings. The molecule has 2 amide bonds. The fourth-order valence-corrected chi connectivity index (χ4v) is 6.06. The zero-order valence-electron chi connectivity index (χ0n) is 31.1. The zero-order valence-corrected chi connectivity index (χ0v) is 31.1. The predicted molar refractivity (Wildman–Crippen MR) is 198 cm³/mol. The number of phenolic OH excluding ortho intramolecular Hbond substituents is 1. The normalized spacial score (nSPS) is 12.9. The van der Waals surface area contributed by atoms with Gasteiger partial charge in [0.25, 0.3) is 0 Å². The minimum atomic E-state index is -0.572. The lowest BCUT2D eigenvalue weighted by molar-refractivity contribution is -0.145. The van der Waals surface area contributed by atoms with E-state index in [0.717, 1.165) is 54.5 Å². The van der Waals surface area contributed by atoms with Crippen LogP contribution in [0.1, 0.15) is 96.8 Å². The molecule has 3 aromatic rings. The van der Waals surface area contributed by atoms with E-state index in [1.165, 1.54) is 27.7 Å². The number of benzene rings is 3. The van der Waals surface area contributed by atoms with Crippen LogP contribution in [-0.4, -0.2) is 53.2 Å². The number of rotatable bonds is 19. The number of aryl methyl sites for hydroxylation is 2. The molecule has 278 valence electrons. The molecule has 10 heteroatoms. The second kappa shape index (κ2) is 22.1. The summed E-state index contributed by atoms with van der Waals surface area (Å²) in [6.45, 7) is 10.7. The van der Waals surface area contributed by atoms with Crippen LogP contribution in [0.15, 0.2) is 78.9 Å². The Morgan fingerprint density at radius 2 is 1.08 bits per heavy atom. The molecule has 0 bridgehead atoms. The van der Waals surface area contributed by atoms with Crippen LogP contribution in [-0.2, 0) is 48.1 Å². The minimum Gasteiger partial charge on any atom is -0.508 e. The average Bonchev–Trinajstić information content (AvgIpc) is 3.08. The van der Waals surface area contributed by atoms with Crippen molar-refractivity contribution in [3.05, 3.63) is 95.6 Å². The van der Waals surface area contributed by atoms with Crippen molar-refractivity contribution in [2.75, 3.05) is 13.2 Å². The number of phenols is 1. The summed E-state index contributed by atoms with van der Waals surface area (Å²) < 4.78 is 16.4. The molecule has 0 aliphatic heterocycles. The number of carbonyl (C=O) groups excluding carboxylic acids is 4. The maximum atomic E-state index is 11.8. The number of esters is 2. The molecule has 2 atom stereocenters. The Kier molecular flexibility index (Phi) is 18.3. The van der Waals surface area contributed by atoms with Gasteiger partial charge in [0.15, 0.2) is 0 Å². The molecule has 0 heterocycles. The summed E-state index contributed by atoms with van der Waals surface area (Å²) in [7, 11) is 0. The van der Waals surface area contributed by atoms with Gasteiger partial charge in [-0.1, -0.05) is 81.3 Å². The highest BCUT2D eigenvalue weighted by atomic mass is 16.5. The van der Waals surface area contributed by atoms with E-state index in [9.17, 15) is 24.3 Å². The number of amides is 2. The Balaban J connectivity index is 0.000000368. The highest BCUT2D eigenvalue weighted by Gasteiger charge is 2.32. The lowest BCUT2D eigenvalue weighted by atomic mass is 9.87. The molecular weight excluding hydrogens is 648 g/mol. The van der Waals surface area contributed by atoms with Gasteiger partial charge in [-0.3, -0.25) is 19.2 Å². The second-order valence-corrected chi connectivity index (χ2v) is 13.1. The smallest absolute Gasteiger partial charge is 0.302 e. The zero-order chi connectivity index (χ0) is 37.7. The number of hydrogen-bond acceptors (Lipinski definition) is 8. The van der Waals surface area contributed by atoms with E-state index in [4.69, 9.17) is 14.2 Å². The summed E-state index contributed by atoms with van der Waals surface area (Å²) >= 11 is 0. The van der Waals surface area contributed by atoms with E-state index in [0.29, 0.717) is 25.9 Å². The summed E-state index contributed by atoms with van der Waals surface area (Å²) in [4.78, 5) is 45.8. The summed E-state index contributed by atoms with van der Waals surface area (Å²) in [5.74, 6) is 0.0717. The third kappa shape index (κ3) is 17.1. The van der Waals surface area contributed by atoms with Crippen LogP contribution in [0.3, 0.4) is 0 Å². The second-order valence-electron chi connectivity index (χ2n) is 13.1. The van der Waals surface area contributed by atoms with Crippen molar-refractivity contribution in [2.45, 2.75) is 111 Å². The molecule has 0 saturated heterocycles. The van der Waals surface area contributed by atoms with Crippen molar-refractivity contribution in [1.29, 1.82) is 0 Å². The van der Waals surface area contributed by atoms with Gasteiger partial charge < -0.3 is 30.0 Å². The molecule has 3 rings (SSSR count). The van der Waals surface area contributed by atoms with Crippen LogP contribution in [0, 0.1) is 0 Å². The van der Waals surface area contributed by atoms with E-state index in [2.05, 4.69) is 17.6 Å². The topological polar surface area (TPSA) is 140 Å². The van der Waals surface area contributed by atoms with Crippen molar-refractivity contribution in [3.63, 3.8) is 0 Å².